The van der Waals surface area contributed by atoms with Crippen LogP contribution in [0.5, 0.6) is 0 Å². The molecular weight excluding hydrogens is 414 g/mol. The van der Waals surface area contributed by atoms with Gasteiger partial charge >= 0.3 is 6.03 Å². The summed E-state index contributed by atoms with van der Waals surface area (Å²) >= 11 is 3.22. The van der Waals surface area contributed by atoms with Crippen LogP contribution in [-0.4, -0.2) is 37.7 Å². The number of likely N-dealkylation sites (N-methyl/N-ethyl adjacent to an activating group) is 1. The molecular formula is C23H27N3O2S2. The first-order chi connectivity index (χ1) is 14.7. The van der Waals surface area contributed by atoms with Crippen molar-refractivity contribution in [1.82, 2.24) is 9.62 Å². The van der Waals surface area contributed by atoms with Gasteiger partial charge in [0.15, 0.2) is 0 Å². The summed E-state index contributed by atoms with van der Waals surface area (Å²) in [5, 5.41) is 3.19. The van der Waals surface area contributed by atoms with Crippen molar-refractivity contribution in [3.8, 4) is 0 Å². The first kappa shape index (κ1) is 20.1. The Balaban J connectivity index is 1.31. The SMILES string of the molecule is CN1CCc2sc(SNC(=O)Nc3c(C4=CCOCC4)ccc4c3CCC4)cc2C1. The Kier molecular flexibility index (Phi) is 5.87. The van der Waals surface area contributed by atoms with Crippen molar-refractivity contribution in [2.45, 2.75) is 42.9 Å². The summed E-state index contributed by atoms with van der Waals surface area (Å²) in [5.41, 5.74) is 7.47. The average Bonchev–Trinajstić information content (AvgIpc) is 3.39. The van der Waals surface area contributed by atoms with Gasteiger partial charge in [-0.25, -0.2) is 4.79 Å². The Morgan fingerprint density at radius 3 is 3.00 bits per heavy atom. The van der Waals surface area contributed by atoms with Crippen LogP contribution in [0.2, 0.25) is 0 Å². The van der Waals surface area contributed by atoms with E-state index in [9.17, 15) is 4.79 Å². The van der Waals surface area contributed by atoms with Gasteiger partial charge in [-0.05, 0) is 79.4 Å². The number of fused-ring (bicyclic) bond motifs is 2. The van der Waals surface area contributed by atoms with E-state index in [1.54, 1.807) is 11.3 Å². The molecule has 3 heterocycles. The molecule has 2 amide bonds. The van der Waals surface area contributed by atoms with Crippen LogP contribution in [0.4, 0.5) is 10.5 Å². The molecule has 0 spiro atoms. The van der Waals surface area contributed by atoms with E-state index in [0.29, 0.717) is 6.61 Å². The van der Waals surface area contributed by atoms with E-state index in [1.807, 2.05) is 0 Å². The number of benzene rings is 1. The number of carbonyl (C=O) groups excluding carboxylic acids is 1. The molecule has 0 bridgehead atoms. The van der Waals surface area contributed by atoms with E-state index < -0.39 is 0 Å². The number of aryl methyl sites for hydroxylation is 1. The van der Waals surface area contributed by atoms with Gasteiger partial charge in [-0.2, -0.15) is 0 Å². The molecule has 2 aliphatic heterocycles. The highest BCUT2D eigenvalue weighted by Crippen LogP contribution is 2.37. The fourth-order valence-corrected chi connectivity index (χ4v) is 6.51. The van der Waals surface area contributed by atoms with E-state index >= 15 is 0 Å². The Labute approximate surface area is 186 Å². The van der Waals surface area contributed by atoms with Gasteiger partial charge in [0.25, 0.3) is 0 Å². The Morgan fingerprint density at radius 1 is 1.20 bits per heavy atom. The second-order valence-electron chi connectivity index (χ2n) is 8.19. The second kappa shape index (κ2) is 8.75. The number of nitrogens with one attached hydrogen (secondary N) is 2. The number of hydrogen-bond acceptors (Lipinski definition) is 5. The monoisotopic (exact) mass is 441 g/mol. The number of thiophene rings is 1. The lowest BCUT2D eigenvalue weighted by molar-refractivity contribution is 0.161. The van der Waals surface area contributed by atoms with E-state index in [0.717, 1.165) is 67.3 Å². The summed E-state index contributed by atoms with van der Waals surface area (Å²) in [6.07, 6.45) is 7.41. The summed E-state index contributed by atoms with van der Waals surface area (Å²) in [6, 6.07) is 6.48. The van der Waals surface area contributed by atoms with Crippen molar-refractivity contribution < 1.29 is 9.53 Å². The molecule has 5 nitrogen and oxygen atoms in total. The van der Waals surface area contributed by atoms with Crippen LogP contribution in [0.3, 0.4) is 0 Å². The maximum absolute atomic E-state index is 12.8. The normalized spacial score (nSPS) is 18.5. The van der Waals surface area contributed by atoms with Crippen molar-refractivity contribution >= 4 is 40.6 Å². The zero-order chi connectivity index (χ0) is 20.5. The molecule has 1 aliphatic carbocycles. The molecule has 3 aliphatic rings. The molecule has 1 aromatic heterocycles. The fraction of sp³-hybridized carbons (Fsp3) is 0.435. The van der Waals surface area contributed by atoms with Crippen LogP contribution in [-0.2, 0) is 30.5 Å². The van der Waals surface area contributed by atoms with Crippen LogP contribution in [0, 0.1) is 0 Å². The summed E-state index contributed by atoms with van der Waals surface area (Å²) in [5.74, 6) is 0. The molecule has 5 rings (SSSR count). The predicted molar refractivity (Wildman–Crippen MR) is 124 cm³/mol. The molecule has 0 saturated heterocycles. The number of carbonyl (C=O) groups is 1. The third kappa shape index (κ3) is 4.17. The van der Waals surface area contributed by atoms with Crippen molar-refractivity contribution in [3.05, 3.63) is 51.4 Å². The van der Waals surface area contributed by atoms with Gasteiger partial charge in [0, 0.05) is 23.5 Å². The van der Waals surface area contributed by atoms with E-state index in [2.05, 4.69) is 46.3 Å². The quantitative estimate of drug-likeness (QED) is 0.666. The van der Waals surface area contributed by atoms with Crippen molar-refractivity contribution in [2.24, 2.45) is 0 Å². The maximum Gasteiger partial charge on any atom is 0.329 e. The standard InChI is InChI=1S/C23H27N3O2S2/c1-26-10-7-20-17(14-26)13-21(29-20)30-25-23(27)24-22-18-4-2-3-15(18)5-6-19(22)16-8-11-28-12-9-16/h5-6,8,13H,2-4,7,9-12,14H2,1H3,(H2,24,25,27). The fourth-order valence-electron chi connectivity index (χ4n) is 4.58. The maximum atomic E-state index is 12.8. The molecule has 0 saturated carbocycles. The highest BCUT2D eigenvalue weighted by molar-refractivity contribution is 7.99. The Bertz CT molecular complexity index is 999. The van der Waals surface area contributed by atoms with Gasteiger partial charge in [0.05, 0.1) is 23.1 Å². The van der Waals surface area contributed by atoms with Gasteiger partial charge in [0.2, 0.25) is 0 Å². The van der Waals surface area contributed by atoms with Crippen molar-refractivity contribution in [2.75, 3.05) is 32.1 Å². The summed E-state index contributed by atoms with van der Waals surface area (Å²) in [4.78, 5) is 16.6. The topological polar surface area (TPSA) is 53.6 Å². The van der Waals surface area contributed by atoms with E-state index in [-0.39, 0.29) is 6.03 Å². The molecule has 30 heavy (non-hydrogen) atoms. The van der Waals surface area contributed by atoms with Crippen molar-refractivity contribution in [3.63, 3.8) is 0 Å². The number of anilines is 1. The zero-order valence-corrected chi connectivity index (χ0v) is 18.9. The molecule has 0 radical (unpaired) electrons. The van der Waals surface area contributed by atoms with Crippen molar-refractivity contribution in [1.29, 1.82) is 0 Å². The molecule has 2 N–H and O–H groups in total. The number of amides is 2. The number of nitrogens with zero attached hydrogens (tertiary/aromatic N) is 1. The van der Waals surface area contributed by atoms with Gasteiger partial charge in [0.1, 0.15) is 0 Å². The third-order valence-corrected chi connectivity index (χ3v) is 8.25. The van der Waals surface area contributed by atoms with E-state index in [1.165, 1.54) is 39.1 Å². The molecule has 0 unspecified atom stereocenters. The van der Waals surface area contributed by atoms with Crippen LogP contribution >= 0.6 is 23.3 Å². The third-order valence-electron chi connectivity index (χ3n) is 6.11. The molecule has 0 fully saturated rings. The zero-order valence-electron chi connectivity index (χ0n) is 17.3. The summed E-state index contributed by atoms with van der Waals surface area (Å²) < 4.78 is 9.64. The first-order valence-corrected chi connectivity index (χ1v) is 12.3. The van der Waals surface area contributed by atoms with Gasteiger partial charge < -0.3 is 15.0 Å². The second-order valence-corrected chi connectivity index (χ2v) is 10.4. The number of ether oxygens (including phenoxy) is 1. The minimum absolute atomic E-state index is 0.155. The van der Waals surface area contributed by atoms with Crippen LogP contribution in [0.1, 0.15) is 40.0 Å². The van der Waals surface area contributed by atoms with Crippen LogP contribution < -0.4 is 10.0 Å². The Hall–Kier alpha value is -1.80. The Morgan fingerprint density at radius 2 is 2.13 bits per heavy atom. The molecule has 2 aromatic rings. The van der Waals surface area contributed by atoms with Gasteiger partial charge in [-0.15, -0.1) is 11.3 Å². The number of hydrogen-bond donors (Lipinski definition) is 2. The van der Waals surface area contributed by atoms with Crippen LogP contribution in [0.15, 0.2) is 28.5 Å². The highest BCUT2D eigenvalue weighted by atomic mass is 32.2. The lowest BCUT2D eigenvalue weighted by Gasteiger charge is -2.21. The van der Waals surface area contributed by atoms with Gasteiger partial charge in [-0.1, -0.05) is 18.2 Å². The molecule has 7 heteroatoms. The predicted octanol–water partition coefficient (Wildman–Crippen LogP) is 4.86. The highest BCUT2D eigenvalue weighted by Gasteiger charge is 2.22. The molecule has 158 valence electrons. The van der Waals surface area contributed by atoms with Gasteiger partial charge in [-0.3, -0.25) is 4.72 Å². The largest absolute Gasteiger partial charge is 0.377 e. The number of rotatable bonds is 4. The summed E-state index contributed by atoms with van der Waals surface area (Å²) in [7, 11) is 2.16. The molecule has 0 atom stereocenters. The lowest BCUT2D eigenvalue weighted by atomic mass is 9.95. The lowest BCUT2D eigenvalue weighted by Crippen LogP contribution is -2.25. The average molecular weight is 442 g/mol. The smallest absolute Gasteiger partial charge is 0.329 e. The summed E-state index contributed by atoms with van der Waals surface area (Å²) in [6.45, 7) is 3.49. The minimum atomic E-state index is -0.155. The molecule has 1 aromatic carbocycles. The first-order valence-electron chi connectivity index (χ1n) is 10.6. The van der Waals surface area contributed by atoms with E-state index in [4.69, 9.17) is 4.74 Å². The number of urea groups is 1. The minimum Gasteiger partial charge on any atom is -0.377 e. The van der Waals surface area contributed by atoms with Crippen LogP contribution in [0.25, 0.3) is 5.57 Å².